The molecule has 1 aromatic rings. The first-order chi connectivity index (χ1) is 6.69. The maximum atomic E-state index is 3.88. The predicted molar refractivity (Wildman–Crippen MR) is 63.1 cm³/mol. The molecule has 1 aromatic carbocycles. The van der Waals surface area contributed by atoms with Crippen molar-refractivity contribution < 1.29 is 0 Å². The van der Waals surface area contributed by atoms with E-state index in [1.165, 1.54) is 17.5 Å². The second-order valence-corrected chi connectivity index (χ2v) is 3.54. The van der Waals surface area contributed by atoms with Crippen LogP contribution in [-0.4, -0.2) is 13.8 Å². The van der Waals surface area contributed by atoms with Crippen molar-refractivity contribution in [3.63, 3.8) is 0 Å². The van der Waals surface area contributed by atoms with Crippen LogP contribution >= 0.6 is 0 Å². The summed E-state index contributed by atoms with van der Waals surface area (Å²) in [6, 6.07) is 6.49. The summed E-state index contributed by atoms with van der Waals surface area (Å²) in [5, 5.41) is 5.68. The number of nitrogens with zero attached hydrogens (tertiary/aromatic N) is 2. The monoisotopic (exact) mass is 190 g/mol. The van der Waals surface area contributed by atoms with Gasteiger partial charge in [0.2, 0.25) is 0 Å². The van der Waals surface area contributed by atoms with Gasteiger partial charge in [-0.25, -0.2) is 0 Å². The molecule has 0 aliphatic rings. The highest BCUT2D eigenvalue weighted by atomic mass is 15.4. The molecule has 0 saturated heterocycles. The zero-order valence-electron chi connectivity index (χ0n) is 9.25. The Hall–Kier alpha value is -1.31. The molecule has 0 fully saturated rings. The third kappa shape index (κ3) is 2.34. The van der Waals surface area contributed by atoms with Crippen LogP contribution < -0.4 is 5.01 Å². The van der Waals surface area contributed by atoms with E-state index in [4.69, 9.17) is 0 Å². The highest BCUT2D eigenvalue weighted by Gasteiger charge is 2.02. The van der Waals surface area contributed by atoms with Crippen molar-refractivity contribution in [1.82, 2.24) is 0 Å². The van der Waals surface area contributed by atoms with Gasteiger partial charge in [0, 0.05) is 13.8 Å². The zero-order valence-corrected chi connectivity index (χ0v) is 9.25. The highest BCUT2D eigenvalue weighted by molar-refractivity contribution is 5.54. The number of hydrogen-bond donors (Lipinski definition) is 0. The fraction of sp³-hybridized carbons (Fsp3) is 0.417. The third-order valence-electron chi connectivity index (χ3n) is 2.36. The first kappa shape index (κ1) is 10.8. The van der Waals surface area contributed by atoms with Gasteiger partial charge in [0.05, 0.1) is 5.69 Å². The topological polar surface area (TPSA) is 15.6 Å². The molecule has 76 valence electrons. The third-order valence-corrected chi connectivity index (χ3v) is 2.36. The molecule has 0 spiro atoms. The molecule has 2 nitrogen and oxygen atoms in total. The van der Waals surface area contributed by atoms with E-state index in [2.05, 4.69) is 43.9 Å². The highest BCUT2D eigenvalue weighted by Crippen LogP contribution is 2.20. The number of hydrazone groups is 1. The molecule has 0 bridgehead atoms. The Kier molecular flexibility index (Phi) is 3.69. The summed E-state index contributed by atoms with van der Waals surface area (Å²) < 4.78 is 0. The van der Waals surface area contributed by atoms with Gasteiger partial charge in [0.25, 0.3) is 0 Å². The Morgan fingerprint density at radius 3 is 2.64 bits per heavy atom. The quantitative estimate of drug-likeness (QED) is 0.526. The van der Waals surface area contributed by atoms with Gasteiger partial charge >= 0.3 is 0 Å². The first-order valence-electron chi connectivity index (χ1n) is 4.99. The van der Waals surface area contributed by atoms with Gasteiger partial charge in [0.15, 0.2) is 0 Å². The molecule has 0 aliphatic carbocycles. The first-order valence-corrected chi connectivity index (χ1v) is 4.99. The minimum atomic E-state index is 1.12. The van der Waals surface area contributed by atoms with Crippen LogP contribution in [0.5, 0.6) is 0 Å². The van der Waals surface area contributed by atoms with Crippen molar-refractivity contribution in [2.45, 2.75) is 26.7 Å². The molecule has 0 atom stereocenters. The van der Waals surface area contributed by atoms with Crippen molar-refractivity contribution in [2.24, 2.45) is 5.10 Å². The smallest absolute Gasteiger partial charge is 0.0619 e. The Labute approximate surface area is 86.2 Å². The standard InChI is InChI=1S/C12H18N2/c1-5-6-11-7-8-12(10(2)9-11)14(4)13-3/h7-9H,3,5-6H2,1-2,4H3. The van der Waals surface area contributed by atoms with Crippen molar-refractivity contribution >= 4 is 12.4 Å². The Morgan fingerprint density at radius 1 is 1.43 bits per heavy atom. The molecule has 0 amide bonds. The lowest BCUT2D eigenvalue weighted by Gasteiger charge is -2.15. The largest absolute Gasteiger partial charge is 0.269 e. The molecule has 1 rings (SSSR count). The number of benzene rings is 1. The number of hydrogen-bond acceptors (Lipinski definition) is 2. The molecule has 2 heteroatoms. The van der Waals surface area contributed by atoms with Crippen LogP contribution in [0.25, 0.3) is 0 Å². The van der Waals surface area contributed by atoms with Gasteiger partial charge < -0.3 is 0 Å². The molecule has 0 saturated carbocycles. The Morgan fingerprint density at radius 2 is 2.14 bits per heavy atom. The van der Waals surface area contributed by atoms with Crippen LogP contribution in [-0.2, 0) is 6.42 Å². The van der Waals surface area contributed by atoms with E-state index in [-0.39, 0.29) is 0 Å². The van der Waals surface area contributed by atoms with Gasteiger partial charge in [-0.1, -0.05) is 25.5 Å². The van der Waals surface area contributed by atoms with Crippen LogP contribution in [0.1, 0.15) is 24.5 Å². The number of aryl methyl sites for hydroxylation is 2. The van der Waals surface area contributed by atoms with Gasteiger partial charge in [-0.2, -0.15) is 5.10 Å². The van der Waals surface area contributed by atoms with E-state index in [1.807, 2.05) is 7.05 Å². The number of anilines is 1. The molecular weight excluding hydrogens is 172 g/mol. The van der Waals surface area contributed by atoms with Gasteiger partial charge in [-0.05, 0) is 30.5 Å². The summed E-state index contributed by atoms with van der Waals surface area (Å²) in [6.07, 6.45) is 2.33. The second kappa shape index (κ2) is 4.80. The van der Waals surface area contributed by atoms with Crippen LogP contribution in [0.2, 0.25) is 0 Å². The average Bonchev–Trinajstić information content (AvgIpc) is 2.17. The number of rotatable bonds is 4. The summed E-state index contributed by atoms with van der Waals surface area (Å²) in [5.74, 6) is 0. The summed E-state index contributed by atoms with van der Waals surface area (Å²) in [4.78, 5) is 0. The second-order valence-electron chi connectivity index (χ2n) is 3.54. The Bertz CT molecular complexity index is 318. The molecule has 0 N–H and O–H groups in total. The van der Waals surface area contributed by atoms with E-state index in [0.717, 1.165) is 12.1 Å². The van der Waals surface area contributed by atoms with E-state index in [0.29, 0.717) is 0 Å². The lowest BCUT2D eigenvalue weighted by molar-refractivity contribution is 0.917. The van der Waals surface area contributed by atoms with Gasteiger partial charge in [-0.3, -0.25) is 5.01 Å². The molecule has 0 heterocycles. The molecule has 14 heavy (non-hydrogen) atoms. The lowest BCUT2D eigenvalue weighted by Crippen LogP contribution is -2.08. The maximum Gasteiger partial charge on any atom is 0.0619 e. The van der Waals surface area contributed by atoms with Crippen LogP contribution in [0.4, 0.5) is 5.69 Å². The lowest BCUT2D eigenvalue weighted by atomic mass is 10.1. The van der Waals surface area contributed by atoms with Gasteiger partial charge in [-0.15, -0.1) is 0 Å². The minimum absolute atomic E-state index is 1.12. The summed E-state index contributed by atoms with van der Waals surface area (Å²) in [7, 11) is 1.91. The fourth-order valence-electron chi connectivity index (χ4n) is 1.60. The van der Waals surface area contributed by atoms with Crippen LogP contribution in [0.3, 0.4) is 0 Å². The van der Waals surface area contributed by atoms with Crippen molar-refractivity contribution in [1.29, 1.82) is 0 Å². The summed E-state index contributed by atoms with van der Waals surface area (Å²) in [5.41, 5.74) is 3.77. The van der Waals surface area contributed by atoms with Crippen molar-refractivity contribution in [3.8, 4) is 0 Å². The van der Waals surface area contributed by atoms with Crippen molar-refractivity contribution in [2.75, 3.05) is 12.1 Å². The van der Waals surface area contributed by atoms with E-state index in [9.17, 15) is 0 Å². The maximum absolute atomic E-state index is 3.88. The van der Waals surface area contributed by atoms with Crippen molar-refractivity contribution in [3.05, 3.63) is 29.3 Å². The van der Waals surface area contributed by atoms with E-state index >= 15 is 0 Å². The Balaban J connectivity index is 2.94. The van der Waals surface area contributed by atoms with Crippen LogP contribution in [0.15, 0.2) is 23.3 Å². The molecule has 0 aromatic heterocycles. The summed E-state index contributed by atoms with van der Waals surface area (Å²) >= 11 is 0. The molecular formula is C12H18N2. The zero-order chi connectivity index (χ0) is 10.6. The fourth-order valence-corrected chi connectivity index (χ4v) is 1.60. The predicted octanol–water partition coefficient (Wildman–Crippen LogP) is 3.00. The average molecular weight is 190 g/mol. The molecule has 0 radical (unpaired) electrons. The SMILES string of the molecule is C=NN(C)c1ccc(CCC)cc1C. The normalized spacial score (nSPS) is 9.93. The van der Waals surface area contributed by atoms with E-state index < -0.39 is 0 Å². The van der Waals surface area contributed by atoms with E-state index in [1.54, 1.807) is 5.01 Å². The molecule has 0 unspecified atom stereocenters. The minimum Gasteiger partial charge on any atom is -0.269 e. The molecule has 0 aliphatic heterocycles. The summed E-state index contributed by atoms with van der Waals surface area (Å²) in [6.45, 7) is 7.82. The van der Waals surface area contributed by atoms with Gasteiger partial charge in [0.1, 0.15) is 0 Å². The van der Waals surface area contributed by atoms with Crippen LogP contribution in [0, 0.1) is 6.92 Å².